The van der Waals surface area contributed by atoms with Gasteiger partial charge < -0.3 is 15.5 Å². The molecule has 2 aromatic rings. The average Bonchev–Trinajstić information content (AvgIpc) is 2.96. The van der Waals surface area contributed by atoms with Gasteiger partial charge in [-0.15, -0.1) is 0 Å². The van der Waals surface area contributed by atoms with Gasteiger partial charge in [0.05, 0.1) is 0 Å². The van der Waals surface area contributed by atoms with Gasteiger partial charge in [0.1, 0.15) is 17.7 Å². The molecule has 0 unspecified atom stereocenters. The molecule has 1 aliphatic rings. The van der Waals surface area contributed by atoms with Gasteiger partial charge >= 0.3 is 0 Å². The van der Waals surface area contributed by atoms with Crippen molar-refractivity contribution in [3.63, 3.8) is 0 Å². The minimum atomic E-state index is -0.602. The van der Waals surface area contributed by atoms with Crippen LogP contribution in [0.3, 0.4) is 0 Å². The van der Waals surface area contributed by atoms with Gasteiger partial charge in [-0.3, -0.25) is 4.79 Å². The van der Waals surface area contributed by atoms with Crippen LogP contribution in [0.25, 0.3) is 0 Å². The minimum absolute atomic E-state index is 0.156. The summed E-state index contributed by atoms with van der Waals surface area (Å²) in [5.74, 6) is -1.35. The molecular formula is C22H28F2N3O+. The van der Waals surface area contributed by atoms with E-state index in [0.717, 1.165) is 24.8 Å². The zero-order chi connectivity index (χ0) is 19.9. The van der Waals surface area contributed by atoms with E-state index in [0.29, 0.717) is 5.56 Å². The molecule has 1 atom stereocenters. The van der Waals surface area contributed by atoms with E-state index in [1.54, 1.807) is 12.2 Å². The van der Waals surface area contributed by atoms with Gasteiger partial charge in [0.2, 0.25) is 0 Å². The molecule has 6 heteroatoms. The number of hydrogen-bond donors (Lipinski definition) is 2. The fourth-order valence-electron chi connectivity index (χ4n) is 3.58. The van der Waals surface area contributed by atoms with Crippen molar-refractivity contribution in [2.45, 2.75) is 38.6 Å². The summed E-state index contributed by atoms with van der Waals surface area (Å²) in [4.78, 5) is 14.6. The number of hydrogen-bond acceptors (Lipinski definition) is 2. The Kier molecular flexibility index (Phi) is 6.98. The lowest BCUT2D eigenvalue weighted by Crippen LogP contribution is -2.86. The van der Waals surface area contributed by atoms with E-state index in [1.807, 2.05) is 24.3 Å². The lowest BCUT2D eigenvalue weighted by Gasteiger charge is -2.22. The van der Waals surface area contributed by atoms with Gasteiger partial charge in [0, 0.05) is 36.1 Å². The molecule has 1 saturated heterocycles. The zero-order valence-electron chi connectivity index (χ0n) is 16.3. The number of amides is 1. The zero-order valence-corrected chi connectivity index (χ0v) is 16.3. The molecule has 1 amide bonds. The summed E-state index contributed by atoms with van der Waals surface area (Å²) in [5, 5.41) is 4.61. The largest absolute Gasteiger partial charge is 0.372 e. The lowest BCUT2D eigenvalue weighted by molar-refractivity contribution is -0.682. The summed E-state index contributed by atoms with van der Waals surface area (Å²) in [6.07, 6.45) is 5.03. The Bertz CT molecular complexity index is 787. The number of halogens is 2. The van der Waals surface area contributed by atoms with Crippen molar-refractivity contribution in [2.24, 2.45) is 0 Å². The van der Waals surface area contributed by atoms with Crippen LogP contribution < -0.4 is 15.5 Å². The molecule has 0 bridgehead atoms. The second-order valence-corrected chi connectivity index (χ2v) is 7.39. The monoisotopic (exact) mass is 388 g/mol. The van der Waals surface area contributed by atoms with E-state index in [4.69, 9.17) is 0 Å². The van der Waals surface area contributed by atoms with Crippen LogP contribution in [0.5, 0.6) is 0 Å². The molecular weight excluding hydrogens is 360 g/mol. The second kappa shape index (κ2) is 9.64. The Morgan fingerprint density at radius 3 is 2.39 bits per heavy atom. The summed E-state index contributed by atoms with van der Waals surface area (Å²) < 4.78 is 26.8. The molecule has 0 radical (unpaired) electrons. The molecule has 3 rings (SSSR count). The van der Waals surface area contributed by atoms with Crippen molar-refractivity contribution in [1.29, 1.82) is 0 Å². The topological polar surface area (TPSA) is 49.0 Å². The summed E-state index contributed by atoms with van der Waals surface area (Å²) in [6, 6.07) is 11.2. The maximum atomic E-state index is 13.8. The highest BCUT2D eigenvalue weighted by molar-refractivity contribution is 5.91. The number of quaternary nitrogens is 1. The van der Waals surface area contributed by atoms with Crippen molar-refractivity contribution in [1.82, 2.24) is 0 Å². The van der Waals surface area contributed by atoms with Crippen LogP contribution in [0.15, 0.2) is 42.5 Å². The van der Waals surface area contributed by atoms with Gasteiger partial charge in [-0.1, -0.05) is 12.8 Å². The minimum Gasteiger partial charge on any atom is -0.372 e. The predicted octanol–water partition coefficient (Wildman–Crippen LogP) is 3.61. The molecule has 3 N–H and O–H groups in total. The Morgan fingerprint density at radius 2 is 1.75 bits per heavy atom. The number of rotatable bonds is 6. The molecule has 0 aromatic heterocycles. The highest BCUT2D eigenvalue weighted by Gasteiger charge is 2.16. The second-order valence-electron chi connectivity index (χ2n) is 7.39. The Morgan fingerprint density at radius 1 is 1.07 bits per heavy atom. The SMILES string of the molecule is C[C@H]([NH2+]CC(=O)Nc1ccc(N2CCCCCC2)cc1)c1ccc(F)cc1F. The first kappa shape index (κ1) is 20.3. The van der Waals surface area contributed by atoms with Crippen LogP contribution in [0.1, 0.15) is 44.2 Å². The Balaban J connectivity index is 1.50. The van der Waals surface area contributed by atoms with Crippen molar-refractivity contribution in [3.05, 3.63) is 59.7 Å². The molecule has 1 fully saturated rings. The van der Waals surface area contributed by atoms with Crippen molar-refractivity contribution in [3.8, 4) is 0 Å². The maximum Gasteiger partial charge on any atom is 0.279 e. The van der Waals surface area contributed by atoms with Gasteiger partial charge in [0.15, 0.2) is 6.54 Å². The Labute approximate surface area is 164 Å². The fourth-order valence-corrected chi connectivity index (χ4v) is 3.58. The van der Waals surface area contributed by atoms with Crippen LogP contribution in [0.4, 0.5) is 20.2 Å². The molecule has 2 aromatic carbocycles. The number of nitrogens with one attached hydrogen (secondary N) is 1. The van der Waals surface area contributed by atoms with Gasteiger partial charge in [-0.2, -0.15) is 0 Å². The smallest absolute Gasteiger partial charge is 0.279 e. The standard InChI is InChI=1S/C22H27F2N3O/c1-16(20-11-6-17(23)14-21(20)24)25-15-22(28)26-18-7-9-19(10-8-18)27-12-4-2-3-5-13-27/h6-11,14,16,25H,2-5,12-13,15H2,1H3,(H,26,28)/p+1/t16-/m0/s1. The van der Waals surface area contributed by atoms with E-state index in [1.165, 1.54) is 43.5 Å². The molecule has 1 heterocycles. The molecule has 150 valence electrons. The van der Waals surface area contributed by atoms with Crippen LogP contribution in [-0.2, 0) is 4.79 Å². The van der Waals surface area contributed by atoms with Crippen molar-refractivity contribution < 1.29 is 18.9 Å². The first-order chi connectivity index (χ1) is 13.5. The van der Waals surface area contributed by atoms with E-state index in [-0.39, 0.29) is 18.5 Å². The van der Waals surface area contributed by atoms with Crippen LogP contribution in [0.2, 0.25) is 0 Å². The van der Waals surface area contributed by atoms with Crippen LogP contribution in [0, 0.1) is 11.6 Å². The third-order valence-corrected chi connectivity index (χ3v) is 5.23. The van der Waals surface area contributed by atoms with Gasteiger partial charge in [0.25, 0.3) is 5.91 Å². The lowest BCUT2D eigenvalue weighted by atomic mass is 10.1. The van der Waals surface area contributed by atoms with E-state index in [9.17, 15) is 13.6 Å². The van der Waals surface area contributed by atoms with E-state index >= 15 is 0 Å². The maximum absolute atomic E-state index is 13.8. The summed E-state index contributed by atoms with van der Waals surface area (Å²) in [5.41, 5.74) is 2.32. The summed E-state index contributed by atoms with van der Waals surface area (Å²) in [7, 11) is 0. The van der Waals surface area contributed by atoms with Crippen LogP contribution in [-0.4, -0.2) is 25.5 Å². The van der Waals surface area contributed by atoms with E-state index in [2.05, 4.69) is 10.2 Å². The Hall–Kier alpha value is -2.47. The number of carbonyl (C=O) groups excluding carboxylic acids is 1. The molecule has 28 heavy (non-hydrogen) atoms. The molecule has 0 spiro atoms. The fraction of sp³-hybridized carbons (Fsp3) is 0.409. The summed E-state index contributed by atoms with van der Waals surface area (Å²) >= 11 is 0. The van der Waals surface area contributed by atoms with Gasteiger partial charge in [-0.05, 0) is 56.2 Å². The molecule has 0 aliphatic carbocycles. The third-order valence-electron chi connectivity index (χ3n) is 5.23. The molecule has 4 nitrogen and oxygen atoms in total. The third kappa shape index (κ3) is 5.52. The average molecular weight is 388 g/mol. The first-order valence-corrected chi connectivity index (χ1v) is 9.96. The first-order valence-electron chi connectivity index (χ1n) is 9.96. The summed E-state index contributed by atoms with van der Waals surface area (Å²) in [6.45, 7) is 4.11. The highest BCUT2D eigenvalue weighted by Crippen LogP contribution is 2.21. The number of benzene rings is 2. The predicted molar refractivity (Wildman–Crippen MR) is 107 cm³/mol. The van der Waals surface area contributed by atoms with Crippen LogP contribution >= 0.6 is 0 Å². The quantitative estimate of drug-likeness (QED) is 0.794. The van der Waals surface area contributed by atoms with Crippen molar-refractivity contribution in [2.75, 3.05) is 29.9 Å². The number of nitrogens with zero attached hydrogens (tertiary/aromatic N) is 1. The molecule has 1 aliphatic heterocycles. The molecule has 0 saturated carbocycles. The number of anilines is 2. The highest BCUT2D eigenvalue weighted by atomic mass is 19.1. The number of carbonyl (C=O) groups is 1. The number of nitrogens with two attached hydrogens (primary N) is 1. The van der Waals surface area contributed by atoms with E-state index < -0.39 is 11.6 Å². The normalized spacial score (nSPS) is 15.8. The van der Waals surface area contributed by atoms with Gasteiger partial charge in [-0.25, -0.2) is 8.78 Å². The van der Waals surface area contributed by atoms with Crippen molar-refractivity contribution >= 4 is 17.3 Å².